The van der Waals surface area contributed by atoms with E-state index in [4.69, 9.17) is 22.1 Å². The van der Waals surface area contributed by atoms with Crippen molar-refractivity contribution in [2.45, 2.75) is 24.4 Å². The van der Waals surface area contributed by atoms with Gasteiger partial charge in [0, 0.05) is 11.8 Å². The van der Waals surface area contributed by atoms with Gasteiger partial charge in [-0.15, -0.1) is 11.6 Å². The van der Waals surface area contributed by atoms with E-state index in [9.17, 15) is 18.7 Å². The maximum absolute atomic E-state index is 14.0. The molecule has 6 nitrogen and oxygen atoms in total. The van der Waals surface area contributed by atoms with Gasteiger partial charge in [-0.05, 0) is 11.1 Å². The number of ether oxygens (including phenoxy) is 1. The molecule has 1 aliphatic rings. The number of nitrogens with zero attached hydrogens (tertiary/aromatic N) is 2. The van der Waals surface area contributed by atoms with E-state index >= 15 is 0 Å². The van der Waals surface area contributed by atoms with Crippen LogP contribution >= 0.6 is 27.5 Å². The van der Waals surface area contributed by atoms with Crippen molar-refractivity contribution in [3.05, 3.63) is 27.2 Å². The highest BCUT2D eigenvalue weighted by Gasteiger charge is 2.59. The predicted octanol–water partition coefficient (Wildman–Crippen LogP) is 1.32. The van der Waals surface area contributed by atoms with E-state index in [2.05, 4.69) is 20.9 Å². The highest BCUT2D eigenvalue weighted by molar-refractivity contribution is 9.11. The molecular formula is C11H11BrClF2N3O3. The van der Waals surface area contributed by atoms with Gasteiger partial charge < -0.3 is 15.6 Å². The predicted molar refractivity (Wildman–Crippen MR) is 76.5 cm³/mol. The molecule has 0 radical (unpaired) electrons. The number of aliphatic hydroxyl groups excluding tert-OH is 1. The summed E-state index contributed by atoms with van der Waals surface area (Å²) in [5, 5.41) is 9.53. The quantitative estimate of drug-likeness (QED) is 0.765. The second kappa shape index (κ2) is 5.99. The van der Waals surface area contributed by atoms with Gasteiger partial charge >= 0.3 is 11.6 Å². The van der Waals surface area contributed by atoms with Gasteiger partial charge in [0.15, 0.2) is 0 Å². The molecule has 1 saturated heterocycles. The largest absolute Gasteiger partial charge is 0.384 e. The maximum Gasteiger partial charge on any atom is 0.351 e. The number of nitrogen functional groups attached to an aromatic ring is 1. The Kier molecular flexibility index (Phi) is 4.66. The van der Waals surface area contributed by atoms with Crippen molar-refractivity contribution in [1.29, 1.82) is 0 Å². The SMILES string of the molecule is Nc1nc(=O)n([C@@H]2O[C@H](CCl)[C@@H](O)C2(F)F)cc1/C=C/Br. The molecule has 0 unspecified atom stereocenters. The summed E-state index contributed by atoms with van der Waals surface area (Å²) in [7, 11) is 0. The minimum atomic E-state index is -3.68. The van der Waals surface area contributed by atoms with Crippen LogP contribution < -0.4 is 11.4 Å². The first kappa shape index (κ1) is 16.3. The normalized spacial score (nSPS) is 28.3. The third kappa shape index (κ3) is 2.83. The zero-order valence-electron chi connectivity index (χ0n) is 10.4. The number of aliphatic hydroxyl groups is 1. The van der Waals surface area contributed by atoms with Crippen LogP contribution in [0.5, 0.6) is 0 Å². The molecule has 10 heteroatoms. The van der Waals surface area contributed by atoms with Crippen LogP contribution in [0.2, 0.25) is 0 Å². The summed E-state index contributed by atoms with van der Waals surface area (Å²) in [6, 6.07) is 0. The van der Waals surface area contributed by atoms with Crippen LogP contribution in [0.4, 0.5) is 14.6 Å². The zero-order valence-corrected chi connectivity index (χ0v) is 12.8. The topological polar surface area (TPSA) is 90.4 Å². The lowest BCUT2D eigenvalue weighted by Gasteiger charge is -2.21. The van der Waals surface area contributed by atoms with Crippen LogP contribution in [0.3, 0.4) is 0 Å². The molecule has 116 valence electrons. The van der Waals surface area contributed by atoms with E-state index in [1.54, 1.807) is 0 Å². The summed E-state index contributed by atoms with van der Waals surface area (Å²) in [6.45, 7) is 0. The van der Waals surface area contributed by atoms with Crippen molar-refractivity contribution in [1.82, 2.24) is 9.55 Å². The molecule has 0 bridgehead atoms. The standard InChI is InChI=1S/C11H11BrClF2N3O3/c12-2-1-5-4-18(10(20)17-8(5)16)9-11(14,15)7(19)6(3-13)21-9/h1-2,4,6-7,9,19H,3H2,(H2,16,17,20)/b2-1+/t6-,7-,9-/m1/s1. The Labute approximate surface area is 131 Å². The number of rotatable bonds is 3. The second-order valence-corrected chi connectivity index (χ2v) is 5.20. The molecule has 3 N–H and O–H groups in total. The Morgan fingerprint density at radius 1 is 1.67 bits per heavy atom. The number of aromatic nitrogens is 2. The van der Waals surface area contributed by atoms with Gasteiger partial charge in [0.2, 0.25) is 6.23 Å². The van der Waals surface area contributed by atoms with Crippen LogP contribution in [0, 0.1) is 0 Å². The summed E-state index contributed by atoms with van der Waals surface area (Å²) in [5.41, 5.74) is 4.77. The lowest BCUT2D eigenvalue weighted by molar-refractivity contribution is -0.140. The molecular weight excluding hydrogens is 375 g/mol. The van der Waals surface area contributed by atoms with Gasteiger partial charge in [-0.2, -0.15) is 13.8 Å². The first-order chi connectivity index (χ1) is 9.82. The highest BCUT2D eigenvalue weighted by Crippen LogP contribution is 2.42. The van der Waals surface area contributed by atoms with E-state index in [0.29, 0.717) is 4.57 Å². The number of hydrogen-bond donors (Lipinski definition) is 2. The Morgan fingerprint density at radius 2 is 2.33 bits per heavy atom. The van der Waals surface area contributed by atoms with Gasteiger partial charge in [-0.1, -0.05) is 15.9 Å². The molecule has 2 rings (SSSR count). The molecule has 1 fully saturated rings. The summed E-state index contributed by atoms with van der Waals surface area (Å²) in [4.78, 5) is 16.7. The van der Waals surface area contributed by atoms with E-state index < -0.39 is 30.0 Å². The molecule has 0 spiro atoms. The van der Waals surface area contributed by atoms with Crippen LogP contribution in [0.25, 0.3) is 6.08 Å². The first-order valence-corrected chi connectivity index (χ1v) is 7.20. The van der Waals surface area contributed by atoms with Gasteiger partial charge in [0.1, 0.15) is 18.0 Å². The second-order valence-electron chi connectivity index (χ2n) is 4.36. The van der Waals surface area contributed by atoms with Gasteiger partial charge in [-0.3, -0.25) is 4.57 Å². The summed E-state index contributed by atoms with van der Waals surface area (Å²) >= 11 is 8.48. The Balaban J connectivity index is 2.51. The van der Waals surface area contributed by atoms with Crippen LogP contribution in [-0.2, 0) is 4.74 Å². The van der Waals surface area contributed by atoms with E-state index in [1.165, 1.54) is 11.1 Å². The summed E-state index contributed by atoms with van der Waals surface area (Å²) < 4.78 is 33.7. The first-order valence-electron chi connectivity index (χ1n) is 5.75. The highest BCUT2D eigenvalue weighted by atomic mass is 79.9. The van der Waals surface area contributed by atoms with Crippen molar-refractivity contribution in [2.24, 2.45) is 0 Å². The number of nitrogens with two attached hydrogens (primary N) is 1. The average molecular weight is 387 g/mol. The van der Waals surface area contributed by atoms with Gasteiger partial charge in [-0.25, -0.2) is 4.79 Å². The van der Waals surface area contributed by atoms with E-state index in [1.807, 2.05) is 0 Å². The number of halogens is 4. The number of anilines is 1. The lowest BCUT2D eigenvalue weighted by atomic mass is 10.1. The summed E-state index contributed by atoms with van der Waals surface area (Å²) in [6.07, 6.45) is -2.88. The fourth-order valence-corrected chi connectivity index (χ4v) is 2.48. The van der Waals surface area contributed by atoms with Crippen LogP contribution in [0.1, 0.15) is 11.8 Å². The zero-order chi connectivity index (χ0) is 15.8. The monoisotopic (exact) mass is 385 g/mol. The lowest BCUT2D eigenvalue weighted by Crippen LogP contribution is -2.41. The number of alkyl halides is 3. The third-order valence-electron chi connectivity index (χ3n) is 3.04. The van der Waals surface area contributed by atoms with Gasteiger partial charge in [0.25, 0.3) is 0 Å². The van der Waals surface area contributed by atoms with E-state index in [-0.39, 0.29) is 17.3 Å². The van der Waals surface area contributed by atoms with Crippen molar-refractivity contribution < 1.29 is 18.6 Å². The molecule has 0 aliphatic carbocycles. The molecule has 0 saturated carbocycles. The number of hydrogen-bond acceptors (Lipinski definition) is 5. The minimum absolute atomic E-state index is 0.109. The van der Waals surface area contributed by atoms with Crippen molar-refractivity contribution in [3.63, 3.8) is 0 Å². The van der Waals surface area contributed by atoms with E-state index in [0.717, 1.165) is 6.20 Å². The Morgan fingerprint density at radius 3 is 2.86 bits per heavy atom. The molecule has 1 aliphatic heterocycles. The van der Waals surface area contributed by atoms with Crippen molar-refractivity contribution >= 4 is 39.4 Å². The van der Waals surface area contributed by atoms with Crippen molar-refractivity contribution in [2.75, 3.05) is 11.6 Å². The molecule has 0 aromatic carbocycles. The summed E-state index contributed by atoms with van der Waals surface area (Å²) in [5.74, 6) is -4.13. The molecule has 1 aromatic heterocycles. The fourth-order valence-electron chi connectivity index (χ4n) is 1.96. The smallest absolute Gasteiger partial charge is 0.351 e. The molecule has 21 heavy (non-hydrogen) atoms. The van der Waals surface area contributed by atoms with Crippen LogP contribution in [-0.4, -0.2) is 38.7 Å². The molecule has 2 heterocycles. The molecule has 3 atom stereocenters. The Hall–Kier alpha value is -1.03. The average Bonchev–Trinajstić information content (AvgIpc) is 2.65. The van der Waals surface area contributed by atoms with Crippen LogP contribution in [0.15, 0.2) is 16.0 Å². The molecule has 0 amide bonds. The third-order valence-corrected chi connectivity index (χ3v) is 3.61. The van der Waals surface area contributed by atoms with Crippen molar-refractivity contribution in [3.8, 4) is 0 Å². The fraction of sp³-hybridized carbons (Fsp3) is 0.455. The van der Waals surface area contributed by atoms with Gasteiger partial charge in [0.05, 0.1) is 5.88 Å². The molecule has 1 aromatic rings. The maximum atomic E-state index is 14.0. The minimum Gasteiger partial charge on any atom is -0.384 e. The Bertz CT molecular complexity index is 625.